The van der Waals surface area contributed by atoms with Gasteiger partial charge < -0.3 is 42.7 Å². The molecule has 0 aromatic rings. The summed E-state index contributed by atoms with van der Waals surface area (Å²) in [6, 6.07) is 0. The molecule has 0 fully saturated rings. The van der Waals surface area contributed by atoms with Crippen molar-refractivity contribution in [2.24, 2.45) is 0 Å². The topological polar surface area (TPSA) is 250 Å². The summed E-state index contributed by atoms with van der Waals surface area (Å²) in [5.74, 6) is -1.81. The molecule has 0 saturated heterocycles. The van der Waals surface area contributed by atoms with Gasteiger partial charge in [-0.05, 0) is 38.5 Å². The third kappa shape index (κ3) is 137. The van der Waals surface area contributed by atoms with Crippen molar-refractivity contribution in [1.29, 1.82) is 0 Å². The van der Waals surface area contributed by atoms with E-state index in [0.717, 1.165) is 38.9 Å². The van der Waals surface area contributed by atoms with Crippen molar-refractivity contribution in [2.75, 3.05) is 13.2 Å². The van der Waals surface area contributed by atoms with Crippen LogP contribution in [-0.2, 0) is 35.1 Å². The molecule has 456 valence electrons. The van der Waals surface area contributed by atoms with Crippen LogP contribution in [0.4, 0.5) is 0 Å². The fourth-order valence-corrected chi connectivity index (χ4v) is 8.77. The molecule has 0 aliphatic carbocycles. The Labute approximate surface area is 531 Å². The molecule has 0 aliphatic heterocycles. The summed E-state index contributed by atoms with van der Waals surface area (Å²) < 4.78 is 73.9. The number of aliphatic carboxylic acids is 2. The predicted molar refractivity (Wildman–Crippen MR) is 322 cm³/mol. The van der Waals surface area contributed by atoms with Crippen LogP contribution >= 0.6 is 0 Å². The minimum absolute atomic E-state index is 0. The first-order valence-electron chi connectivity index (χ1n) is 31.3. The Kier molecular flexibility index (Phi) is 103. The quantitative estimate of drug-likeness (QED) is 0.0238. The maximum absolute atomic E-state index is 10.2. The van der Waals surface area contributed by atoms with E-state index in [4.69, 9.17) is 39.8 Å². The Morgan fingerprint density at radius 3 is 0.500 bits per heavy atom. The zero-order chi connectivity index (χ0) is 57.0. The van der Waals surface area contributed by atoms with E-state index in [2.05, 4.69) is 27.7 Å². The fourth-order valence-electron chi connectivity index (χ4n) is 8.77. The van der Waals surface area contributed by atoms with Crippen molar-refractivity contribution in [2.45, 2.75) is 362 Å². The molecular weight excluding hydrogens is 1070 g/mol. The second-order valence-corrected chi connectivity index (χ2v) is 22.6. The molecule has 0 unspecified atom stereocenters. The average Bonchev–Trinajstić information content (AvgIpc) is 3.33. The maximum atomic E-state index is 10.2. The number of carbonyl (C=O) groups excluding carboxylic acids is 2. The standard InChI is InChI=1S/C24H50O.2C18H36O2.3Mg.2H2O4S/c1-3-5-7-9-11-13-15-17-19-21-23-25-24-22-20-18-16-14-12-10-8-6-4-2;2*1-2-3-4-5-6-7-8-9-10-11-12-13-14-15-16-17-18(19)20;;;;2*1-5(2,3)4/h3-24H2,1-2H3;2*2-17H2,1H3,(H,19,20);;;;2*(H2,1,2,3,4)/q;;;3*+2;;/p-6. The molecule has 0 radical (unpaired) electrons. The van der Waals surface area contributed by atoms with Gasteiger partial charge in [-0.25, -0.2) is 0 Å². The maximum Gasteiger partial charge on any atom is 2.00 e. The number of carboxylic acid groups (broad SMARTS) is 2. The molecule has 0 N–H and O–H groups in total. The first-order chi connectivity index (χ1) is 36.0. The zero-order valence-electron chi connectivity index (χ0n) is 51.4. The molecule has 0 aromatic carbocycles. The zero-order valence-corrected chi connectivity index (χ0v) is 57.3. The number of rotatable bonds is 54. The first-order valence-corrected chi connectivity index (χ1v) is 33.9. The summed E-state index contributed by atoms with van der Waals surface area (Å²) in [5.41, 5.74) is 0. The summed E-state index contributed by atoms with van der Waals surface area (Å²) in [6.45, 7) is 11.1. The normalized spacial score (nSPS) is 10.7. The molecule has 0 atom stereocenters. The van der Waals surface area contributed by atoms with Crippen LogP contribution < -0.4 is 10.2 Å². The largest absolute Gasteiger partial charge is 2.00 e. The van der Waals surface area contributed by atoms with Gasteiger partial charge in [0.1, 0.15) is 0 Å². The predicted octanol–water partition coefficient (Wildman–Crippen LogP) is 15.0. The molecular formula is C60H120Mg3O13S2. The van der Waals surface area contributed by atoms with Crippen LogP contribution in [0.5, 0.6) is 0 Å². The van der Waals surface area contributed by atoms with Crippen molar-refractivity contribution in [3.63, 3.8) is 0 Å². The first kappa shape index (κ1) is 95.3. The van der Waals surface area contributed by atoms with Crippen LogP contribution in [0.1, 0.15) is 362 Å². The van der Waals surface area contributed by atoms with Gasteiger partial charge >= 0.3 is 69.2 Å². The van der Waals surface area contributed by atoms with E-state index in [0.29, 0.717) is 0 Å². The number of hydrogen-bond acceptors (Lipinski definition) is 13. The van der Waals surface area contributed by atoms with Crippen LogP contribution in [0.25, 0.3) is 0 Å². The van der Waals surface area contributed by atoms with Crippen molar-refractivity contribution < 1.29 is 59.6 Å². The third-order valence-corrected chi connectivity index (χ3v) is 13.3. The van der Waals surface area contributed by atoms with Gasteiger partial charge in [0.15, 0.2) is 0 Å². The van der Waals surface area contributed by atoms with E-state index in [1.807, 2.05) is 0 Å². The van der Waals surface area contributed by atoms with E-state index in [9.17, 15) is 19.8 Å². The third-order valence-electron chi connectivity index (χ3n) is 13.3. The number of carbonyl (C=O) groups is 2. The molecule has 0 saturated carbocycles. The van der Waals surface area contributed by atoms with Gasteiger partial charge in [-0.3, -0.25) is 16.8 Å². The smallest absolute Gasteiger partial charge is 0.759 e. The summed E-state index contributed by atoms with van der Waals surface area (Å²) in [4.78, 5) is 20.4. The van der Waals surface area contributed by atoms with E-state index < -0.39 is 32.7 Å². The van der Waals surface area contributed by atoms with Crippen molar-refractivity contribution in [3.8, 4) is 0 Å². The average molecular weight is 1190 g/mol. The van der Waals surface area contributed by atoms with Gasteiger partial charge in [-0.1, -0.05) is 323 Å². The SMILES string of the molecule is CCCCCCCCCCCCCCCCCC(=O)[O-].CCCCCCCCCCCCCCCCCC(=O)[O-].CCCCCCCCCCCCOCCCCCCCCCCCC.O=S(=O)([O-])[O-].O=S(=O)([O-])[O-].[Mg+2].[Mg+2].[Mg+2]. The van der Waals surface area contributed by atoms with Crippen LogP contribution in [0.2, 0.25) is 0 Å². The number of carboxylic acids is 2. The molecule has 78 heavy (non-hydrogen) atoms. The Morgan fingerprint density at radius 1 is 0.256 bits per heavy atom. The van der Waals surface area contributed by atoms with Crippen LogP contribution in [0.3, 0.4) is 0 Å². The summed E-state index contributed by atoms with van der Waals surface area (Å²) in [6.07, 6.45) is 67.9. The number of unbranched alkanes of at least 4 members (excludes halogenated alkanes) is 46. The molecule has 0 bridgehead atoms. The van der Waals surface area contributed by atoms with Crippen LogP contribution in [0.15, 0.2) is 0 Å². The van der Waals surface area contributed by atoms with E-state index in [1.165, 1.54) is 295 Å². The minimum Gasteiger partial charge on any atom is -0.759 e. The molecule has 18 heteroatoms. The van der Waals surface area contributed by atoms with Gasteiger partial charge in [0.2, 0.25) is 0 Å². The molecule has 0 aromatic heterocycles. The van der Waals surface area contributed by atoms with Gasteiger partial charge in [-0.2, -0.15) is 0 Å². The van der Waals surface area contributed by atoms with E-state index >= 15 is 0 Å². The fraction of sp³-hybridized carbons (Fsp3) is 0.967. The molecule has 0 rings (SSSR count). The van der Waals surface area contributed by atoms with Crippen molar-refractivity contribution in [1.82, 2.24) is 0 Å². The van der Waals surface area contributed by atoms with Gasteiger partial charge in [0.05, 0.1) is 0 Å². The second-order valence-electron chi connectivity index (χ2n) is 20.9. The molecule has 0 amide bonds. The van der Waals surface area contributed by atoms with Crippen molar-refractivity contribution in [3.05, 3.63) is 0 Å². The number of ether oxygens (including phenoxy) is 1. The number of hydrogen-bond donors (Lipinski definition) is 0. The summed E-state index contributed by atoms with van der Waals surface area (Å²) in [5, 5.41) is 20.4. The molecule has 0 heterocycles. The van der Waals surface area contributed by atoms with Crippen LogP contribution in [0, 0.1) is 0 Å². The minimum atomic E-state index is -5.17. The van der Waals surface area contributed by atoms with E-state index in [1.54, 1.807) is 0 Å². The van der Waals surface area contributed by atoms with Gasteiger partial charge in [0, 0.05) is 46.0 Å². The molecule has 0 aliphatic rings. The van der Waals surface area contributed by atoms with Gasteiger partial charge in [0.25, 0.3) is 0 Å². The van der Waals surface area contributed by atoms with Crippen LogP contribution in [-0.4, -0.2) is 129 Å². The summed E-state index contributed by atoms with van der Waals surface area (Å²) >= 11 is 0. The second kappa shape index (κ2) is 84.4. The summed E-state index contributed by atoms with van der Waals surface area (Å²) in [7, 11) is -10.3. The Bertz CT molecular complexity index is 1190. The Balaban J connectivity index is -0.000000142. The Hall–Kier alpha value is 0.939. The van der Waals surface area contributed by atoms with Crippen molar-refractivity contribution >= 4 is 102 Å². The van der Waals surface area contributed by atoms with Gasteiger partial charge in [-0.15, -0.1) is 0 Å². The Morgan fingerprint density at radius 2 is 0.372 bits per heavy atom. The monoisotopic (exact) mass is 1180 g/mol. The molecule has 13 nitrogen and oxygen atoms in total. The van der Waals surface area contributed by atoms with E-state index in [-0.39, 0.29) is 82.0 Å². The molecule has 0 spiro atoms.